The number of nitrogens with zero attached hydrogens (tertiary/aromatic N) is 2. The lowest BCUT2D eigenvalue weighted by Gasteiger charge is -2.38. The maximum Gasteiger partial charge on any atom is 0.319 e. The lowest BCUT2D eigenvalue weighted by molar-refractivity contribution is -0.166. The fraction of sp³-hybridized carbons (Fsp3) is 0.375. The third-order valence-electron chi connectivity index (χ3n) is 4.36. The van der Waals surface area contributed by atoms with Gasteiger partial charge in [0.2, 0.25) is 0 Å². The number of aromatic nitrogens is 2. The monoisotopic (exact) mass is 348 g/mol. The second kappa shape index (κ2) is 6.43. The molecule has 2 aliphatic heterocycles. The third kappa shape index (κ3) is 3.09. The molecule has 2 aliphatic rings. The van der Waals surface area contributed by atoms with Crippen molar-refractivity contribution in [3.05, 3.63) is 48.5 Å². The molecule has 25 heavy (non-hydrogen) atoms. The maximum absolute atomic E-state index is 12.9. The summed E-state index contributed by atoms with van der Waals surface area (Å²) in [5, 5.41) is 20.2. The molecule has 2 amide bonds. The Morgan fingerprint density at radius 2 is 2.16 bits per heavy atom. The molecule has 1 aromatic heterocycles. The van der Waals surface area contributed by atoms with E-state index in [0.717, 1.165) is 0 Å². The molecule has 4 rings (SSSR count). The number of aliphatic hydroxyl groups is 1. The van der Waals surface area contributed by atoms with Gasteiger partial charge in [0.05, 0.1) is 12.6 Å². The van der Waals surface area contributed by atoms with Crippen LogP contribution in [0, 0.1) is 5.82 Å². The highest BCUT2D eigenvalue weighted by atomic mass is 19.1. The average molecular weight is 348 g/mol. The van der Waals surface area contributed by atoms with E-state index < -0.39 is 42.4 Å². The summed E-state index contributed by atoms with van der Waals surface area (Å²) in [6.45, 7) is 0.265. The van der Waals surface area contributed by atoms with Crippen LogP contribution in [0.15, 0.2) is 42.7 Å². The third-order valence-corrected chi connectivity index (χ3v) is 4.36. The number of carbonyl (C=O) groups excluding carboxylic acids is 1. The lowest BCUT2D eigenvalue weighted by Crippen LogP contribution is -2.59. The van der Waals surface area contributed by atoms with Crippen LogP contribution in [0.1, 0.15) is 6.04 Å². The van der Waals surface area contributed by atoms with Crippen molar-refractivity contribution in [3.63, 3.8) is 0 Å². The Kier molecular flexibility index (Phi) is 4.12. The van der Waals surface area contributed by atoms with Gasteiger partial charge in [-0.1, -0.05) is 0 Å². The fourth-order valence-electron chi connectivity index (χ4n) is 3.17. The summed E-state index contributed by atoms with van der Waals surface area (Å²) in [7, 11) is 0. The Hall–Kier alpha value is -2.49. The molecule has 8 nitrogen and oxygen atoms in total. The van der Waals surface area contributed by atoms with E-state index in [1.807, 2.05) is 0 Å². The van der Waals surface area contributed by atoms with Crippen LogP contribution in [0.3, 0.4) is 0 Å². The zero-order chi connectivity index (χ0) is 17.4. The number of anilines is 1. The van der Waals surface area contributed by atoms with Crippen molar-refractivity contribution < 1.29 is 23.8 Å². The summed E-state index contributed by atoms with van der Waals surface area (Å²) >= 11 is 0. The van der Waals surface area contributed by atoms with Crippen molar-refractivity contribution in [1.29, 1.82) is 0 Å². The van der Waals surface area contributed by atoms with Gasteiger partial charge >= 0.3 is 6.03 Å². The van der Waals surface area contributed by atoms with Crippen LogP contribution < -0.4 is 10.6 Å². The minimum Gasteiger partial charge on any atom is -0.388 e. The Balaban J connectivity index is 1.47. The minimum absolute atomic E-state index is 0.265. The zero-order valence-electron chi connectivity index (χ0n) is 13.1. The van der Waals surface area contributed by atoms with Gasteiger partial charge in [-0.05, 0) is 30.3 Å². The first kappa shape index (κ1) is 16.0. The van der Waals surface area contributed by atoms with Crippen LogP contribution in [-0.4, -0.2) is 52.1 Å². The van der Waals surface area contributed by atoms with Gasteiger partial charge in [0, 0.05) is 18.1 Å². The summed E-state index contributed by atoms with van der Waals surface area (Å²) < 4.78 is 25.8. The van der Waals surface area contributed by atoms with Crippen molar-refractivity contribution in [2.45, 2.75) is 30.6 Å². The van der Waals surface area contributed by atoms with Gasteiger partial charge in [-0.25, -0.2) is 9.18 Å². The smallest absolute Gasteiger partial charge is 0.319 e. The summed E-state index contributed by atoms with van der Waals surface area (Å²) in [4.78, 5) is 12.2. The van der Waals surface area contributed by atoms with Crippen molar-refractivity contribution in [2.24, 2.45) is 0 Å². The normalized spacial score (nSPS) is 30.9. The van der Waals surface area contributed by atoms with Crippen LogP contribution in [0.25, 0.3) is 0 Å². The highest BCUT2D eigenvalue weighted by Crippen LogP contribution is 2.35. The Labute approximate surface area is 142 Å². The zero-order valence-corrected chi connectivity index (χ0v) is 13.1. The van der Waals surface area contributed by atoms with E-state index in [-0.39, 0.29) is 6.61 Å². The van der Waals surface area contributed by atoms with E-state index in [4.69, 9.17) is 9.47 Å². The predicted molar refractivity (Wildman–Crippen MR) is 84.2 cm³/mol. The molecule has 132 valence electrons. The fourth-order valence-corrected chi connectivity index (χ4v) is 3.17. The number of benzene rings is 1. The van der Waals surface area contributed by atoms with Gasteiger partial charge < -0.3 is 25.2 Å². The largest absolute Gasteiger partial charge is 0.388 e. The van der Waals surface area contributed by atoms with Crippen molar-refractivity contribution in [3.8, 4) is 0 Å². The minimum atomic E-state index is -0.940. The second-order valence-electron chi connectivity index (χ2n) is 5.97. The Morgan fingerprint density at radius 1 is 1.36 bits per heavy atom. The molecular formula is C16H17FN4O4. The van der Waals surface area contributed by atoms with E-state index >= 15 is 0 Å². The average Bonchev–Trinajstić information content (AvgIpc) is 3.25. The van der Waals surface area contributed by atoms with Crippen LogP contribution in [0.5, 0.6) is 0 Å². The van der Waals surface area contributed by atoms with Gasteiger partial charge in [0.15, 0.2) is 6.29 Å². The molecule has 3 N–H and O–H groups in total. The molecule has 9 heteroatoms. The SMILES string of the molecule is O=C(Nc1ccc(F)cc1)N[C@H]1[C@H](O)[C@@H](n2cccn2)[C@@H]2OC[C@H]1O2. The van der Waals surface area contributed by atoms with Gasteiger partial charge in [-0.15, -0.1) is 0 Å². The molecule has 5 atom stereocenters. The van der Waals surface area contributed by atoms with Crippen molar-refractivity contribution in [1.82, 2.24) is 15.1 Å². The summed E-state index contributed by atoms with van der Waals surface area (Å²) in [6, 6.07) is 5.36. The number of hydrogen-bond acceptors (Lipinski definition) is 5. The molecular weight excluding hydrogens is 331 g/mol. The van der Waals surface area contributed by atoms with E-state index in [1.54, 1.807) is 23.1 Å². The van der Waals surface area contributed by atoms with Gasteiger partial charge in [0.25, 0.3) is 0 Å². The number of aliphatic hydroxyl groups excluding tert-OH is 1. The van der Waals surface area contributed by atoms with E-state index in [1.165, 1.54) is 24.3 Å². The number of nitrogens with one attached hydrogen (secondary N) is 2. The number of urea groups is 1. The molecule has 0 aliphatic carbocycles. The first-order valence-corrected chi connectivity index (χ1v) is 7.89. The van der Waals surface area contributed by atoms with E-state index in [9.17, 15) is 14.3 Å². The molecule has 0 unspecified atom stereocenters. The molecule has 2 bridgehead atoms. The highest BCUT2D eigenvalue weighted by molar-refractivity contribution is 5.89. The van der Waals surface area contributed by atoms with Gasteiger partial charge in [-0.3, -0.25) is 4.68 Å². The van der Waals surface area contributed by atoms with Crippen LogP contribution in [-0.2, 0) is 9.47 Å². The molecule has 2 saturated heterocycles. The van der Waals surface area contributed by atoms with Crippen LogP contribution in [0.2, 0.25) is 0 Å². The maximum atomic E-state index is 12.9. The van der Waals surface area contributed by atoms with Crippen molar-refractivity contribution in [2.75, 3.05) is 11.9 Å². The Morgan fingerprint density at radius 3 is 2.88 bits per heavy atom. The van der Waals surface area contributed by atoms with Gasteiger partial charge in [0.1, 0.15) is 24.1 Å². The molecule has 3 heterocycles. The number of fused-ring (bicyclic) bond motifs is 2. The first-order valence-electron chi connectivity index (χ1n) is 7.89. The molecule has 0 radical (unpaired) electrons. The number of hydrogen-bond donors (Lipinski definition) is 3. The van der Waals surface area contributed by atoms with Crippen LogP contribution >= 0.6 is 0 Å². The van der Waals surface area contributed by atoms with E-state index in [2.05, 4.69) is 15.7 Å². The molecule has 1 aromatic carbocycles. The number of halogens is 1. The quantitative estimate of drug-likeness (QED) is 0.765. The van der Waals surface area contributed by atoms with E-state index in [0.29, 0.717) is 5.69 Å². The highest BCUT2D eigenvalue weighted by Gasteiger charge is 2.51. The molecule has 0 saturated carbocycles. The lowest BCUT2D eigenvalue weighted by atomic mass is 9.96. The molecule has 2 fully saturated rings. The molecule has 2 aromatic rings. The topological polar surface area (TPSA) is 97.6 Å². The second-order valence-corrected chi connectivity index (χ2v) is 5.97. The van der Waals surface area contributed by atoms with Crippen molar-refractivity contribution >= 4 is 11.7 Å². The summed E-state index contributed by atoms with van der Waals surface area (Å²) in [5.41, 5.74) is 0.439. The van der Waals surface area contributed by atoms with Gasteiger partial charge in [-0.2, -0.15) is 5.10 Å². The Bertz CT molecular complexity index is 739. The summed E-state index contributed by atoms with van der Waals surface area (Å²) in [6.07, 6.45) is 1.29. The number of rotatable bonds is 3. The first-order chi connectivity index (χ1) is 12.1. The van der Waals surface area contributed by atoms with Crippen LogP contribution in [0.4, 0.5) is 14.9 Å². The number of carbonyl (C=O) groups is 1. The molecule has 0 spiro atoms. The number of amides is 2. The predicted octanol–water partition coefficient (Wildman–Crippen LogP) is 0.870. The number of ether oxygens (including phenoxy) is 2. The standard InChI is InChI=1S/C16H17FN4O4/c17-9-2-4-10(5-3-9)19-16(23)20-12-11-8-24-15(25-11)13(14(12)22)21-7-1-6-18-21/h1-7,11-15,22H,8H2,(H2,19,20,23)/t11-,12-,13-,14+,15-/m1/s1. The summed E-state index contributed by atoms with van der Waals surface area (Å²) in [5.74, 6) is -0.390.